The summed E-state index contributed by atoms with van der Waals surface area (Å²) in [5, 5.41) is 0. The average Bonchev–Trinajstić information content (AvgIpc) is 3.21. The summed E-state index contributed by atoms with van der Waals surface area (Å²) in [4.78, 5) is 19.6. The monoisotopic (exact) mass is 366 g/mol. The van der Waals surface area contributed by atoms with Gasteiger partial charge in [0.15, 0.2) is 0 Å². The predicted molar refractivity (Wildman–Crippen MR) is 111 cm³/mol. The standard InChI is InChI=1S/C24H18N2O2/c1-2-21(27)28-20-15-13-19(14-16-20)24-25-22(17-9-5-3-6-10-17)23(26-24)18-11-7-4-8-12-18/h2-16H,1H2,(H,25,26). The van der Waals surface area contributed by atoms with Crippen LogP contribution in [0.3, 0.4) is 0 Å². The maximum Gasteiger partial charge on any atom is 0.335 e. The maximum absolute atomic E-state index is 11.3. The summed E-state index contributed by atoms with van der Waals surface area (Å²) in [6.45, 7) is 3.40. The topological polar surface area (TPSA) is 55.0 Å². The third kappa shape index (κ3) is 3.62. The number of hydrogen-bond donors (Lipinski definition) is 1. The fourth-order valence-electron chi connectivity index (χ4n) is 2.97. The molecule has 0 amide bonds. The van der Waals surface area contributed by atoms with Gasteiger partial charge >= 0.3 is 5.97 Å². The number of hydrogen-bond acceptors (Lipinski definition) is 3. The molecule has 0 fully saturated rings. The van der Waals surface area contributed by atoms with E-state index in [2.05, 4.69) is 23.7 Å². The maximum atomic E-state index is 11.3. The molecule has 0 radical (unpaired) electrons. The number of carbonyl (C=O) groups is 1. The highest BCUT2D eigenvalue weighted by Gasteiger charge is 2.15. The summed E-state index contributed by atoms with van der Waals surface area (Å²) in [6.07, 6.45) is 1.14. The van der Waals surface area contributed by atoms with Gasteiger partial charge in [-0.25, -0.2) is 9.78 Å². The summed E-state index contributed by atoms with van der Waals surface area (Å²) < 4.78 is 5.13. The molecule has 0 unspecified atom stereocenters. The first kappa shape index (κ1) is 17.5. The number of ether oxygens (including phenoxy) is 1. The molecule has 4 heteroatoms. The molecule has 28 heavy (non-hydrogen) atoms. The number of aromatic nitrogens is 2. The van der Waals surface area contributed by atoms with Crippen LogP contribution in [0, 0.1) is 0 Å². The van der Waals surface area contributed by atoms with Crippen LogP contribution >= 0.6 is 0 Å². The Morgan fingerprint density at radius 2 is 1.43 bits per heavy atom. The van der Waals surface area contributed by atoms with E-state index in [-0.39, 0.29) is 0 Å². The Kier molecular flexibility index (Phi) is 4.85. The molecule has 4 nitrogen and oxygen atoms in total. The Morgan fingerprint density at radius 3 is 2.04 bits per heavy atom. The number of nitrogens with one attached hydrogen (secondary N) is 1. The molecule has 136 valence electrons. The first-order chi connectivity index (χ1) is 13.7. The second-order valence-electron chi connectivity index (χ2n) is 6.19. The van der Waals surface area contributed by atoms with Gasteiger partial charge in [0.05, 0.1) is 11.4 Å². The van der Waals surface area contributed by atoms with Crippen molar-refractivity contribution >= 4 is 5.97 Å². The van der Waals surface area contributed by atoms with Crippen LogP contribution in [0.25, 0.3) is 33.9 Å². The second-order valence-corrected chi connectivity index (χ2v) is 6.19. The molecule has 0 aliphatic carbocycles. The third-order valence-corrected chi connectivity index (χ3v) is 4.33. The first-order valence-corrected chi connectivity index (χ1v) is 8.90. The summed E-state index contributed by atoms with van der Waals surface area (Å²) in [7, 11) is 0. The van der Waals surface area contributed by atoms with E-state index in [0.29, 0.717) is 5.75 Å². The molecule has 1 heterocycles. The SMILES string of the molecule is C=CC(=O)Oc1ccc(-c2nc(-c3ccccc3)c(-c3ccccc3)[nH]2)cc1. The molecule has 0 bridgehead atoms. The van der Waals surface area contributed by atoms with Crippen molar-refractivity contribution < 1.29 is 9.53 Å². The van der Waals surface area contributed by atoms with E-state index in [1.807, 2.05) is 60.7 Å². The van der Waals surface area contributed by atoms with Gasteiger partial charge in [0.25, 0.3) is 0 Å². The van der Waals surface area contributed by atoms with Crippen LogP contribution in [0.15, 0.2) is 97.6 Å². The van der Waals surface area contributed by atoms with Crippen LogP contribution in [0.4, 0.5) is 0 Å². The molecule has 0 aliphatic rings. The Bertz CT molecular complexity index is 1040. The third-order valence-electron chi connectivity index (χ3n) is 4.33. The number of carbonyl (C=O) groups excluding carboxylic acids is 1. The Balaban J connectivity index is 1.75. The lowest BCUT2D eigenvalue weighted by Gasteiger charge is -2.02. The summed E-state index contributed by atoms with van der Waals surface area (Å²) in [5.41, 5.74) is 4.86. The van der Waals surface area contributed by atoms with E-state index in [1.165, 1.54) is 0 Å². The van der Waals surface area contributed by atoms with E-state index in [1.54, 1.807) is 12.1 Å². The minimum Gasteiger partial charge on any atom is -0.423 e. The molecular formula is C24H18N2O2. The van der Waals surface area contributed by atoms with Crippen molar-refractivity contribution in [2.24, 2.45) is 0 Å². The van der Waals surface area contributed by atoms with Crippen molar-refractivity contribution in [2.45, 2.75) is 0 Å². The Hall–Kier alpha value is -3.92. The van der Waals surface area contributed by atoms with Crippen LogP contribution in [0.5, 0.6) is 5.75 Å². The van der Waals surface area contributed by atoms with Crippen molar-refractivity contribution in [1.82, 2.24) is 9.97 Å². The van der Waals surface area contributed by atoms with E-state index < -0.39 is 5.97 Å². The highest BCUT2D eigenvalue weighted by Crippen LogP contribution is 2.33. The fraction of sp³-hybridized carbons (Fsp3) is 0. The normalized spacial score (nSPS) is 10.4. The largest absolute Gasteiger partial charge is 0.423 e. The first-order valence-electron chi connectivity index (χ1n) is 8.90. The van der Waals surface area contributed by atoms with Gasteiger partial charge in [-0.05, 0) is 24.3 Å². The van der Waals surface area contributed by atoms with Gasteiger partial charge in [-0.1, -0.05) is 67.2 Å². The zero-order valence-electron chi connectivity index (χ0n) is 15.1. The lowest BCUT2D eigenvalue weighted by atomic mass is 10.1. The van der Waals surface area contributed by atoms with Gasteiger partial charge in [-0.3, -0.25) is 0 Å². The van der Waals surface area contributed by atoms with Gasteiger partial charge in [0.2, 0.25) is 0 Å². The van der Waals surface area contributed by atoms with Crippen molar-refractivity contribution in [1.29, 1.82) is 0 Å². The lowest BCUT2D eigenvalue weighted by Crippen LogP contribution is -2.02. The van der Waals surface area contributed by atoms with Crippen LogP contribution in [-0.4, -0.2) is 15.9 Å². The van der Waals surface area contributed by atoms with E-state index in [4.69, 9.17) is 9.72 Å². The zero-order valence-corrected chi connectivity index (χ0v) is 15.1. The lowest BCUT2D eigenvalue weighted by molar-refractivity contribution is -0.128. The minimum atomic E-state index is -0.483. The molecule has 4 rings (SSSR count). The molecule has 1 N–H and O–H groups in total. The van der Waals surface area contributed by atoms with Crippen LogP contribution < -0.4 is 4.74 Å². The van der Waals surface area contributed by atoms with Gasteiger partial charge < -0.3 is 9.72 Å². The minimum absolute atomic E-state index is 0.465. The van der Waals surface area contributed by atoms with E-state index in [0.717, 1.165) is 40.0 Å². The number of esters is 1. The van der Waals surface area contributed by atoms with Crippen molar-refractivity contribution in [3.63, 3.8) is 0 Å². The zero-order chi connectivity index (χ0) is 19.3. The van der Waals surface area contributed by atoms with Crippen molar-refractivity contribution in [3.8, 4) is 39.7 Å². The molecule has 0 atom stereocenters. The summed E-state index contributed by atoms with van der Waals surface area (Å²) >= 11 is 0. The average molecular weight is 366 g/mol. The highest BCUT2D eigenvalue weighted by atomic mass is 16.5. The predicted octanol–water partition coefficient (Wildman–Crippen LogP) is 5.50. The molecular weight excluding hydrogens is 348 g/mol. The molecule has 1 aromatic heterocycles. The number of H-pyrrole nitrogens is 1. The quantitative estimate of drug-likeness (QED) is 0.288. The van der Waals surface area contributed by atoms with Gasteiger partial charge in [-0.15, -0.1) is 0 Å². The van der Waals surface area contributed by atoms with Gasteiger partial charge in [-0.2, -0.15) is 0 Å². The summed E-state index contributed by atoms with van der Waals surface area (Å²) in [5.74, 6) is 0.731. The molecule has 0 aliphatic heterocycles. The van der Waals surface area contributed by atoms with E-state index >= 15 is 0 Å². The molecule has 0 spiro atoms. The van der Waals surface area contributed by atoms with Gasteiger partial charge in [0.1, 0.15) is 11.6 Å². The number of aromatic amines is 1. The van der Waals surface area contributed by atoms with Crippen LogP contribution in [0.1, 0.15) is 0 Å². The van der Waals surface area contributed by atoms with E-state index in [9.17, 15) is 4.79 Å². The molecule has 3 aromatic carbocycles. The Morgan fingerprint density at radius 1 is 0.821 bits per heavy atom. The van der Waals surface area contributed by atoms with Crippen molar-refractivity contribution in [2.75, 3.05) is 0 Å². The number of rotatable bonds is 5. The van der Waals surface area contributed by atoms with Gasteiger partial charge in [0, 0.05) is 22.8 Å². The number of benzene rings is 3. The molecule has 0 saturated heterocycles. The number of imidazole rings is 1. The molecule has 4 aromatic rings. The van der Waals surface area contributed by atoms with Crippen LogP contribution in [0.2, 0.25) is 0 Å². The molecule has 0 saturated carbocycles. The fourth-order valence-corrected chi connectivity index (χ4v) is 2.97. The smallest absolute Gasteiger partial charge is 0.335 e. The number of nitrogens with zero attached hydrogens (tertiary/aromatic N) is 1. The van der Waals surface area contributed by atoms with Crippen molar-refractivity contribution in [3.05, 3.63) is 97.6 Å². The summed E-state index contributed by atoms with van der Waals surface area (Å²) in [6, 6.07) is 27.4. The highest BCUT2D eigenvalue weighted by molar-refractivity contribution is 5.84. The second kappa shape index (κ2) is 7.76. The van der Waals surface area contributed by atoms with Crippen LogP contribution in [-0.2, 0) is 4.79 Å². The Labute approximate surface area is 163 Å².